The van der Waals surface area contributed by atoms with E-state index in [0.29, 0.717) is 36.6 Å². The number of carbonyl (C=O) groups is 3. The lowest BCUT2D eigenvalue weighted by atomic mass is 10.0. The number of nitrogens with one attached hydrogen (secondary N) is 3. The van der Waals surface area contributed by atoms with Crippen LogP contribution in [0.3, 0.4) is 0 Å². The molecule has 4 atom stereocenters. The number of anilines is 3. The summed E-state index contributed by atoms with van der Waals surface area (Å²) in [4.78, 5) is 43.8. The van der Waals surface area contributed by atoms with Gasteiger partial charge in [-0.05, 0) is 87.0 Å². The molecule has 1 heterocycles. The predicted molar refractivity (Wildman–Crippen MR) is 207 cm³/mol. The van der Waals surface area contributed by atoms with Gasteiger partial charge in [-0.2, -0.15) is 13.2 Å². The third-order valence-electron chi connectivity index (χ3n) is 9.61. The fraction of sp³-hybridized carbons (Fsp3) is 0.390. The van der Waals surface area contributed by atoms with Crippen LogP contribution in [0.4, 0.5) is 39.8 Å². The molecule has 0 bridgehead atoms. The molecule has 0 saturated carbocycles. The van der Waals surface area contributed by atoms with Crippen molar-refractivity contribution in [3.8, 4) is 5.75 Å². The molecule has 55 heavy (non-hydrogen) atoms. The van der Waals surface area contributed by atoms with E-state index in [-0.39, 0.29) is 43.0 Å². The zero-order valence-corrected chi connectivity index (χ0v) is 31.4. The largest absolute Gasteiger partial charge is 0.490 e. The minimum atomic E-state index is -4.50. The molecule has 4 aromatic carbocycles. The second-order valence-corrected chi connectivity index (χ2v) is 14.0. The highest BCUT2D eigenvalue weighted by atomic mass is 19.4. The van der Waals surface area contributed by atoms with Gasteiger partial charge in [-0.25, -0.2) is 9.59 Å². The predicted octanol–water partition coefficient (Wildman–Crippen LogP) is 8.46. The van der Waals surface area contributed by atoms with Crippen LogP contribution in [0.1, 0.15) is 56.0 Å². The zero-order valence-electron chi connectivity index (χ0n) is 31.4. The van der Waals surface area contributed by atoms with Crippen LogP contribution in [-0.2, 0) is 10.9 Å². The van der Waals surface area contributed by atoms with Gasteiger partial charge in [0.25, 0.3) is 5.91 Å². The zero-order chi connectivity index (χ0) is 39.7. The SMILES string of the molecule is C[C@@H]1CCCCO[C@@H](CN(C)C(=O)Nc2ccc(C(F)(F)F)cc2)[C@H](C)CN([C@@H](C)CO)C(=O)c2cc(NC(=O)Nc3cccc4ccccc34)ccc2O1. The van der Waals surface area contributed by atoms with Crippen molar-refractivity contribution in [3.63, 3.8) is 0 Å². The highest BCUT2D eigenvalue weighted by Crippen LogP contribution is 2.31. The normalized spacial score (nSPS) is 19.0. The van der Waals surface area contributed by atoms with E-state index in [0.717, 1.165) is 29.3 Å². The first-order chi connectivity index (χ1) is 26.2. The first-order valence-corrected chi connectivity index (χ1v) is 18.3. The summed E-state index contributed by atoms with van der Waals surface area (Å²) in [6, 6.07) is 20.7. The van der Waals surface area contributed by atoms with Gasteiger partial charge in [-0.3, -0.25) is 4.79 Å². The monoisotopic (exact) mass is 763 g/mol. The lowest BCUT2D eigenvalue weighted by molar-refractivity contribution is -0.137. The van der Waals surface area contributed by atoms with E-state index in [1.54, 1.807) is 38.2 Å². The van der Waals surface area contributed by atoms with Crippen LogP contribution in [0.15, 0.2) is 84.9 Å². The van der Waals surface area contributed by atoms with Crippen molar-refractivity contribution in [1.29, 1.82) is 0 Å². The maximum atomic E-state index is 14.5. The maximum absolute atomic E-state index is 14.5. The third-order valence-corrected chi connectivity index (χ3v) is 9.61. The summed E-state index contributed by atoms with van der Waals surface area (Å²) in [6.45, 7) is 5.80. The number of likely N-dealkylation sites (N-methyl/N-ethyl adjacent to an activating group) is 1. The number of halogens is 3. The Kier molecular flexibility index (Phi) is 13.6. The molecular formula is C41H48F3N5O6. The molecule has 0 radical (unpaired) electrons. The Bertz CT molecular complexity index is 1940. The number of urea groups is 2. The van der Waals surface area contributed by atoms with E-state index >= 15 is 0 Å². The number of ether oxygens (including phenoxy) is 2. The number of hydrogen-bond acceptors (Lipinski definition) is 6. The van der Waals surface area contributed by atoms with Crippen LogP contribution >= 0.6 is 0 Å². The minimum absolute atomic E-state index is 0.110. The standard InChI is InChI=1S/C41H48F3N5O6/c1-26-23-49(27(2)25-50)38(51)34-22-32(45-39(52)47-35-14-9-12-29-11-5-6-13-33(29)35)19-20-36(34)55-28(3)10-7-8-21-54-37(26)24-48(4)40(53)46-31-17-15-30(16-18-31)41(42,43)44/h5-6,9,11-20,22,26-28,37,50H,7-8,10,21,23-25H2,1-4H3,(H,46,53)(H2,45,47,52)/t26-,27+,28-,37+/m1/s1. The topological polar surface area (TPSA) is 132 Å². The number of rotatable bonds is 7. The van der Waals surface area contributed by atoms with E-state index in [2.05, 4.69) is 16.0 Å². The summed E-state index contributed by atoms with van der Waals surface area (Å²) in [7, 11) is 1.56. The number of amides is 5. The smallest absolute Gasteiger partial charge is 0.416 e. The second kappa shape index (κ2) is 18.3. The van der Waals surface area contributed by atoms with Crippen LogP contribution in [0.5, 0.6) is 5.75 Å². The first-order valence-electron chi connectivity index (χ1n) is 18.3. The molecule has 0 saturated heterocycles. The average Bonchev–Trinajstić information content (AvgIpc) is 3.15. The van der Waals surface area contributed by atoms with Gasteiger partial charge in [0.15, 0.2) is 0 Å². The van der Waals surface area contributed by atoms with Crippen molar-refractivity contribution in [2.24, 2.45) is 5.92 Å². The van der Waals surface area contributed by atoms with E-state index in [1.807, 2.05) is 50.2 Å². The first kappa shape index (κ1) is 40.8. The molecule has 14 heteroatoms. The Morgan fingerprint density at radius 1 is 0.945 bits per heavy atom. The summed E-state index contributed by atoms with van der Waals surface area (Å²) in [5, 5.41) is 20.5. The van der Waals surface area contributed by atoms with Gasteiger partial charge >= 0.3 is 18.2 Å². The number of hydrogen-bond donors (Lipinski definition) is 4. The van der Waals surface area contributed by atoms with E-state index in [1.165, 1.54) is 21.9 Å². The van der Waals surface area contributed by atoms with Gasteiger partial charge in [0.2, 0.25) is 0 Å². The molecule has 0 spiro atoms. The Morgan fingerprint density at radius 2 is 1.65 bits per heavy atom. The summed E-state index contributed by atoms with van der Waals surface area (Å²) in [5.41, 5.74) is 0.556. The molecule has 294 valence electrons. The summed E-state index contributed by atoms with van der Waals surface area (Å²) < 4.78 is 51.7. The van der Waals surface area contributed by atoms with Crippen LogP contribution in [0.25, 0.3) is 10.8 Å². The van der Waals surface area contributed by atoms with Crippen LogP contribution in [-0.4, -0.2) is 84.5 Å². The molecule has 0 aliphatic carbocycles. The molecular weight excluding hydrogens is 715 g/mol. The summed E-state index contributed by atoms with van der Waals surface area (Å²) in [6.07, 6.45) is -3.18. The molecule has 0 fully saturated rings. The van der Waals surface area contributed by atoms with Crippen LogP contribution in [0, 0.1) is 5.92 Å². The fourth-order valence-corrected chi connectivity index (χ4v) is 6.40. The van der Waals surface area contributed by atoms with Gasteiger partial charge in [-0.15, -0.1) is 0 Å². The van der Waals surface area contributed by atoms with Crippen molar-refractivity contribution in [1.82, 2.24) is 9.80 Å². The fourth-order valence-electron chi connectivity index (χ4n) is 6.40. The molecule has 0 aromatic heterocycles. The summed E-state index contributed by atoms with van der Waals surface area (Å²) >= 11 is 0. The molecule has 5 rings (SSSR count). The van der Waals surface area contributed by atoms with Gasteiger partial charge in [-0.1, -0.05) is 43.3 Å². The highest BCUT2D eigenvalue weighted by Gasteiger charge is 2.32. The highest BCUT2D eigenvalue weighted by molar-refractivity contribution is 6.07. The lowest BCUT2D eigenvalue weighted by Gasteiger charge is -2.35. The number of aliphatic hydroxyl groups is 1. The number of alkyl halides is 3. The Hall–Kier alpha value is -5.34. The molecule has 11 nitrogen and oxygen atoms in total. The Balaban J connectivity index is 1.35. The van der Waals surface area contributed by atoms with Crippen LogP contribution < -0.4 is 20.7 Å². The number of benzene rings is 4. The Labute approximate surface area is 318 Å². The molecule has 4 N–H and O–H groups in total. The van der Waals surface area contributed by atoms with Crippen molar-refractivity contribution in [2.45, 2.75) is 64.5 Å². The van der Waals surface area contributed by atoms with Crippen molar-refractivity contribution >= 4 is 45.8 Å². The van der Waals surface area contributed by atoms with Crippen molar-refractivity contribution in [3.05, 3.63) is 96.1 Å². The van der Waals surface area contributed by atoms with Crippen LogP contribution in [0.2, 0.25) is 0 Å². The number of carbonyl (C=O) groups excluding carboxylic acids is 3. The van der Waals surface area contributed by atoms with Gasteiger partial charge in [0, 0.05) is 49.4 Å². The van der Waals surface area contributed by atoms with Gasteiger partial charge in [0.1, 0.15) is 5.75 Å². The van der Waals surface area contributed by atoms with E-state index in [4.69, 9.17) is 9.47 Å². The number of aliphatic hydroxyl groups excluding tert-OH is 1. The summed E-state index contributed by atoms with van der Waals surface area (Å²) in [5.74, 6) is -0.443. The molecule has 1 aliphatic rings. The maximum Gasteiger partial charge on any atom is 0.416 e. The van der Waals surface area contributed by atoms with E-state index in [9.17, 15) is 32.7 Å². The third kappa shape index (κ3) is 10.9. The average molecular weight is 764 g/mol. The van der Waals surface area contributed by atoms with E-state index < -0.39 is 41.9 Å². The van der Waals surface area contributed by atoms with Gasteiger partial charge < -0.3 is 40.3 Å². The van der Waals surface area contributed by atoms with Gasteiger partial charge in [0.05, 0.1) is 41.7 Å². The number of fused-ring (bicyclic) bond motifs is 2. The van der Waals surface area contributed by atoms with Crippen molar-refractivity contribution < 1.29 is 42.1 Å². The molecule has 1 aliphatic heterocycles. The molecule has 4 aromatic rings. The Morgan fingerprint density at radius 3 is 2.38 bits per heavy atom. The lowest BCUT2D eigenvalue weighted by Crippen LogP contribution is -2.48. The molecule has 0 unspecified atom stereocenters. The second-order valence-electron chi connectivity index (χ2n) is 14.0. The molecule has 5 amide bonds. The quantitative estimate of drug-likeness (QED) is 0.149. The minimum Gasteiger partial charge on any atom is -0.490 e. The number of nitrogens with zero attached hydrogens (tertiary/aromatic N) is 2. The van der Waals surface area contributed by atoms with Crippen molar-refractivity contribution in [2.75, 3.05) is 49.3 Å².